The molecular formula is C10H4F4N4. The Kier molecular flexibility index (Phi) is 3.85. The molecule has 8 heteroatoms. The van der Waals surface area contributed by atoms with Crippen molar-refractivity contribution in [3.63, 3.8) is 0 Å². The molecule has 0 aromatic heterocycles. The highest BCUT2D eigenvalue weighted by Gasteiger charge is 2.34. The van der Waals surface area contributed by atoms with E-state index in [1.54, 1.807) is 0 Å². The molecular weight excluding hydrogens is 252 g/mol. The zero-order valence-corrected chi connectivity index (χ0v) is 8.59. The number of benzene rings is 1. The van der Waals surface area contributed by atoms with Crippen LogP contribution in [0.5, 0.6) is 0 Å². The lowest BCUT2D eigenvalue weighted by atomic mass is 10.2. The minimum Gasteiger partial charge on any atom is -0.276 e. The van der Waals surface area contributed by atoms with E-state index in [1.807, 2.05) is 0 Å². The standard InChI is InChI=1S/C10H4F4N4/c11-9-2-1-6(3-8(9)10(12,13)14)17-18-7(4-15)5-16/h1-3,17H. The number of alkyl halides is 3. The minimum absolute atomic E-state index is 0.188. The van der Waals surface area contributed by atoms with Gasteiger partial charge in [0.1, 0.15) is 18.0 Å². The highest BCUT2D eigenvalue weighted by molar-refractivity contribution is 6.10. The monoisotopic (exact) mass is 256 g/mol. The summed E-state index contributed by atoms with van der Waals surface area (Å²) in [6.45, 7) is 0. The number of nitrogens with one attached hydrogen (secondary N) is 1. The van der Waals surface area contributed by atoms with E-state index in [-0.39, 0.29) is 5.69 Å². The molecule has 0 heterocycles. The summed E-state index contributed by atoms with van der Waals surface area (Å²) in [5.41, 5.74) is -0.148. The Bertz CT molecular complexity index is 547. The van der Waals surface area contributed by atoms with Gasteiger partial charge in [0.05, 0.1) is 11.3 Å². The van der Waals surface area contributed by atoms with Crippen molar-refractivity contribution >= 4 is 11.4 Å². The summed E-state index contributed by atoms with van der Waals surface area (Å²) in [6.07, 6.45) is -4.83. The molecule has 4 nitrogen and oxygen atoms in total. The van der Waals surface area contributed by atoms with Crippen LogP contribution in [0, 0.1) is 28.5 Å². The topological polar surface area (TPSA) is 72.0 Å². The number of hydrazone groups is 1. The molecule has 0 radical (unpaired) electrons. The van der Waals surface area contributed by atoms with Crippen molar-refractivity contribution in [3.05, 3.63) is 29.6 Å². The fourth-order valence-corrected chi connectivity index (χ4v) is 1.01. The molecule has 0 atom stereocenters. The van der Waals surface area contributed by atoms with Crippen LogP contribution < -0.4 is 5.43 Å². The first kappa shape index (κ1) is 13.5. The van der Waals surface area contributed by atoms with Crippen molar-refractivity contribution in [1.82, 2.24) is 0 Å². The lowest BCUT2D eigenvalue weighted by molar-refractivity contribution is -0.139. The van der Waals surface area contributed by atoms with Crippen LogP contribution >= 0.6 is 0 Å². The highest BCUT2D eigenvalue weighted by atomic mass is 19.4. The maximum absolute atomic E-state index is 12.9. The molecule has 1 N–H and O–H groups in total. The van der Waals surface area contributed by atoms with Gasteiger partial charge in [-0.05, 0) is 18.2 Å². The third-order valence-corrected chi connectivity index (χ3v) is 1.78. The number of nitriles is 2. The van der Waals surface area contributed by atoms with Crippen molar-refractivity contribution < 1.29 is 17.6 Å². The Labute approximate surface area is 98.8 Å². The predicted molar refractivity (Wildman–Crippen MR) is 53.7 cm³/mol. The summed E-state index contributed by atoms with van der Waals surface area (Å²) in [7, 11) is 0. The van der Waals surface area contributed by atoms with Gasteiger partial charge in [0, 0.05) is 0 Å². The van der Waals surface area contributed by atoms with Crippen LogP contribution in [-0.4, -0.2) is 5.71 Å². The Morgan fingerprint density at radius 2 is 1.83 bits per heavy atom. The molecule has 0 aliphatic carbocycles. The van der Waals surface area contributed by atoms with Gasteiger partial charge < -0.3 is 0 Å². The lowest BCUT2D eigenvalue weighted by Crippen LogP contribution is -2.08. The van der Waals surface area contributed by atoms with Crippen LogP contribution in [0.3, 0.4) is 0 Å². The average Bonchev–Trinajstić information content (AvgIpc) is 2.31. The van der Waals surface area contributed by atoms with E-state index in [0.29, 0.717) is 12.1 Å². The molecule has 1 rings (SSSR count). The lowest BCUT2D eigenvalue weighted by Gasteiger charge is -2.09. The van der Waals surface area contributed by atoms with Crippen LogP contribution in [0.1, 0.15) is 5.56 Å². The Morgan fingerprint density at radius 3 is 2.33 bits per heavy atom. The Balaban J connectivity index is 3.05. The Morgan fingerprint density at radius 1 is 1.22 bits per heavy atom. The highest BCUT2D eigenvalue weighted by Crippen LogP contribution is 2.32. The zero-order chi connectivity index (χ0) is 13.8. The van der Waals surface area contributed by atoms with Crippen LogP contribution in [0.25, 0.3) is 0 Å². The minimum atomic E-state index is -4.83. The number of anilines is 1. The fraction of sp³-hybridized carbons (Fsp3) is 0.100. The van der Waals surface area contributed by atoms with E-state index in [1.165, 1.54) is 12.1 Å². The van der Waals surface area contributed by atoms with E-state index in [2.05, 4.69) is 10.5 Å². The molecule has 0 saturated carbocycles. The van der Waals surface area contributed by atoms with Gasteiger partial charge in [-0.15, -0.1) is 0 Å². The van der Waals surface area contributed by atoms with Gasteiger partial charge in [0.15, 0.2) is 0 Å². The Hall–Kier alpha value is -2.61. The third-order valence-electron chi connectivity index (χ3n) is 1.78. The van der Waals surface area contributed by atoms with Crippen LogP contribution in [-0.2, 0) is 6.18 Å². The second-order valence-electron chi connectivity index (χ2n) is 2.99. The van der Waals surface area contributed by atoms with Crippen molar-refractivity contribution in [2.45, 2.75) is 6.18 Å². The van der Waals surface area contributed by atoms with Gasteiger partial charge in [0.25, 0.3) is 0 Å². The first-order valence-corrected chi connectivity index (χ1v) is 4.39. The number of nitrogens with zero attached hydrogens (tertiary/aromatic N) is 3. The van der Waals surface area contributed by atoms with Gasteiger partial charge in [-0.25, -0.2) is 4.39 Å². The molecule has 0 saturated heterocycles. The molecule has 0 aliphatic heterocycles. The zero-order valence-electron chi connectivity index (χ0n) is 8.59. The van der Waals surface area contributed by atoms with Crippen LogP contribution in [0.15, 0.2) is 23.3 Å². The van der Waals surface area contributed by atoms with E-state index in [9.17, 15) is 17.6 Å². The predicted octanol–water partition coefficient (Wildman–Crippen LogP) is 2.66. The molecule has 0 spiro atoms. The van der Waals surface area contributed by atoms with Gasteiger partial charge in [0.2, 0.25) is 5.71 Å². The van der Waals surface area contributed by atoms with Gasteiger partial charge >= 0.3 is 6.18 Å². The molecule has 0 amide bonds. The molecule has 0 unspecified atom stereocenters. The number of rotatable bonds is 2. The molecule has 0 aliphatic rings. The number of hydrogen-bond donors (Lipinski definition) is 1. The van der Waals surface area contributed by atoms with Crippen LogP contribution in [0.2, 0.25) is 0 Å². The van der Waals surface area contributed by atoms with Gasteiger partial charge in [-0.1, -0.05) is 0 Å². The van der Waals surface area contributed by atoms with Gasteiger partial charge in [-0.2, -0.15) is 28.8 Å². The van der Waals surface area contributed by atoms with E-state index in [4.69, 9.17) is 10.5 Å². The maximum atomic E-state index is 12.9. The second-order valence-corrected chi connectivity index (χ2v) is 2.99. The molecule has 0 bridgehead atoms. The molecule has 18 heavy (non-hydrogen) atoms. The van der Waals surface area contributed by atoms with E-state index < -0.39 is 23.3 Å². The van der Waals surface area contributed by atoms with Crippen molar-refractivity contribution in [3.8, 4) is 12.1 Å². The summed E-state index contributed by atoms with van der Waals surface area (Å²) < 4.78 is 50.0. The quantitative estimate of drug-likeness (QED) is 0.502. The first-order chi connectivity index (χ1) is 8.38. The SMILES string of the molecule is N#CC(C#N)=NNc1ccc(F)c(C(F)(F)F)c1. The van der Waals surface area contributed by atoms with E-state index in [0.717, 1.165) is 6.07 Å². The summed E-state index contributed by atoms with van der Waals surface area (Å²) in [5, 5.41) is 19.9. The molecule has 1 aromatic rings. The molecule has 1 aromatic carbocycles. The first-order valence-electron chi connectivity index (χ1n) is 4.39. The van der Waals surface area contributed by atoms with Gasteiger partial charge in [-0.3, -0.25) is 5.43 Å². The second kappa shape index (κ2) is 5.15. The number of hydrogen-bond acceptors (Lipinski definition) is 4. The van der Waals surface area contributed by atoms with Crippen molar-refractivity contribution in [2.75, 3.05) is 5.43 Å². The fourth-order valence-electron chi connectivity index (χ4n) is 1.01. The number of halogens is 4. The van der Waals surface area contributed by atoms with E-state index >= 15 is 0 Å². The summed E-state index contributed by atoms with van der Waals surface area (Å²) in [5.74, 6) is -1.42. The largest absolute Gasteiger partial charge is 0.419 e. The normalized spacial score (nSPS) is 10.1. The summed E-state index contributed by atoms with van der Waals surface area (Å²) in [4.78, 5) is 0. The van der Waals surface area contributed by atoms with Crippen LogP contribution in [0.4, 0.5) is 23.2 Å². The maximum Gasteiger partial charge on any atom is 0.419 e. The summed E-state index contributed by atoms with van der Waals surface area (Å²) in [6, 6.07) is 4.92. The summed E-state index contributed by atoms with van der Waals surface area (Å²) >= 11 is 0. The van der Waals surface area contributed by atoms with Crippen molar-refractivity contribution in [2.24, 2.45) is 5.10 Å². The smallest absolute Gasteiger partial charge is 0.276 e. The van der Waals surface area contributed by atoms with Crippen molar-refractivity contribution in [1.29, 1.82) is 10.5 Å². The third kappa shape index (κ3) is 3.19. The average molecular weight is 256 g/mol. The molecule has 0 fully saturated rings. The molecule has 92 valence electrons.